The second-order valence-electron chi connectivity index (χ2n) is 4.39. The molecule has 0 saturated heterocycles. The Kier molecular flexibility index (Phi) is 3.46. The zero-order valence-electron chi connectivity index (χ0n) is 9.56. The van der Waals surface area contributed by atoms with Crippen molar-refractivity contribution in [1.29, 1.82) is 0 Å². The molecule has 0 amide bonds. The molecule has 3 N–H and O–H groups in total. The fraction of sp³-hybridized carbons (Fsp3) is 0.500. The third-order valence-corrected chi connectivity index (χ3v) is 3.06. The van der Waals surface area contributed by atoms with E-state index in [9.17, 15) is 4.79 Å². The second-order valence-corrected chi connectivity index (χ2v) is 4.39. The van der Waals surface area contributed by atoms with E-state index in [1.807, 2.05) is 0 Å². The Morgan fingerprint density at radius 3 is 2.82 bits per heavy atom. The smallest absolute Gasteiger partial charge is 0.337 e. The molecule has 17 heavy (non-hydrogen) atoms. The van der Waals surface area contributed by atoms with Gasteiger partial charge < -0.3 is 15.6 Å². The van der Waals surface area contributed by atoms with E-state index in [-0.39, 0.29) is 11.3 Å². The van der Waals surface area contributed by atoms with Gasteiger partial charge in [-0.25, -0.2) is 9.78 Å². The van der Waals surface area contributed by atoms with Crippen LogP contribution in [0.3, 0.4) is 0 Å². The summed E-state index contributed by atoms with van der Waals surface area (Å²) in [6, 6.07) is 1.37. The van der Waals surface area contributed by atoms with Crippen LogP contribution in [0.2, 0.25) is 0 Å². The first kappa shape index (κ1) is 11.7. The number of hydrogen-bond donors (Lipinski definition) is 2. The topological polar surface area (TPSA) is 85.4 Å². The Morgan fingerprint density at radius 1 is 1.53 bits per heavy atom. The molecule has 0 unspecified atom stereocenters. The highest BCUT2D eigenvalue weighted by Gasteiger charge is 2.16. The maximum atomic E-state index is 10.7. The van der Waals surface area contributed by atoms with Crippen molar-refractivity contribution in [2.75, 3.05) is 12.3 Å². The Labute approximate surface area is 99.6 Å². The standard InChI is InChI=1S/C12H16N2O3/c13-10-5-9(12(15)16)6-14-11(10)17-7-8-3-1-2-4-8/h5-6,8H,1-4,7,13H2,(H,15,16). The van der Waals surface area contributed by atoms with Gasteiger partial charge in [0.05, 0.1) is 17.9 Å². The maximum Gasteiger partial charge on any atom is 0.337 e. The monoisotopic (exact) mass is 236 g/mol. The van der Waals surface area contributed by atoms with Crippen molar-refractivity contribution >= 4 is 11.7 Å². The first-order valence-corrected chi connectivity index (χ1v) is 5.78. The van der Waals surface area contributed by atoms with Crippen molar-refractivity contribution in [3.8, 4) is 5.88 Å². The average Bonchev–Trinajstić information content (AvgIpc) is 2.80. The molecule has 1 aromatic rings. The molecule has 5 nitrogen and oxygen atoms in total. The molecule has 2 rings (SSSR count). The summed E-state index contributed by atoms with van der Waals surface area (Å²) in [6.45, 7) is 0.615. The van der Waals surface area contributed by atoms with Gasteiger partial charge in [-0.3, -0.25) is 0 Å². The average molecular weight is 236 g/mol. The van der Waals surface area contributed by atoms with Gasteiger partial charge in [0.2, 0.25) is 5.88 Å². The summed E-state index contributed by atoms with van der Waals surface area (Å²) in [6.07, 6.45) is 6.16. The molecule has 0 atom stereocenters. The van der Waals surface area contributed by atoms with Crippen LogP contribution in [0.15, 0.2) is 12.3 Å². The highest BCUT2D eigenvalue weighted by Crippen LogP contribution is 2.26. The van der Waals surface area contributed by atoms with Crippen molar-refractivity contribution in [1.82, 2.24) is 4.98 Å². The SMILES string of the molecule is Nc1cc(C(=O)O)cnc1OCC1CCCC1. The highest BCUT2D eigenvalue weighted by atomic mass is 16.5. The lowest BCUT2D eigenvalue weighted by Gasteiger charge is -2.12. The lowest BCUT2D eigenvalue weighted by molar-refractivity contribution is 0.0696. The number of nitrogens with two attached hydrogens (primary N) is 1. The van der Waals surface area contributed by atoms with Gasteiger partial charge in [-0.2, -0.15) is 0 Å². The zero-order valence-corrected chi connectivity index (χ0v) is 9.56. The minimum atomic E-state index is -1.04. The normalized spacial score (nSPS) is 16.0. The summed E-state index contributed by atoms with van der Waals surface area (Å²) in [4.78, 5) is 14.6. The number of carboxylic acids is 1. The predicted molar refractivity (Wildman–Crippen MR) is 63.1 cm³/mol. The van der Waals surface area contributed by atoms with Crippen LogP contribution >= 0.6 is 0 Å². The van der Waals surface area contributed by atoms with E-state index in [0.29, 0.717) is 18.4 Å². The van der Waals surface area contributed by atoms with Gasteiger partial charge in [0.25, 0.3) is 0 Å². The zero-order chi connectivity index (χ0) is 12.3. The van der Waals surface area contributed by atoms with Crippen LogP contribution in [-0.2, 0) is 0 Å². The van der Waals surface area contributed by atoms with Crippen LogP contribution in [0.4, 0.5) is 5.69 Å². The first-order chi connectivity index (χ1) is 8.16. The van der Waals surface area contributed by atoms with Gasteiger partial charge in [0.15, 0.2) is 0 Å². The number of hydrogen-bond acceptors (Lipinski definition) is 4. The molecule has 0 aromatic carbocycles. The molecule has 1 aliphatic rings. The molecule has 1 aliphatic carbocycles. The number of nitrogens with zero attached hydrogens (tertiary/aromatic N) is 1. The quantitative estimate of drug-likeness (QED) is 0.834. The van der Waals surface area contributed by atoms with E-state index < -0.39 is 5.97 Å². The van der Waals surface area contributed by atoms with Crippen LogP contribution in [-0.4, -0.2) is 22.7 Å². The molecule has 0 bridgehead atoms. The lowest BCUT2D eigenvalue weighted by atomic mass is 10.1. The van der Waals surface area contributed by atoms with Gasteiger partial charge >= 0.3 is 5.97 Å². The Bertz CT molecular complexity index is 414. The molecule has 0 spiro atoms. The van der Waals surface area contributed by atoms with Gasteiger partial charge in [-0.05, 0) is 24.8 Å². The van der Waals surface area contributed by atoms with E-state index in [2.05, 4.69) is 4.98 Å². The van der Waals surface area contributed by atoms with Gasteiger partial charge in [-0.15, -0.1) is 0 Å². The van der Waals surface area contributed by atoms with Crippen LogP contribution in [0.25, 0.3) is 0 Å². The Morgan fingerprint density at radius 2 is 2.24 bits per heavy atom. The number of pyridine rings is 1. The fourth-order valence-electron chi connectivity index (χ4n) is 2.08. The second kappa shape index (κ2) is 5.03. The van der Waals surface area contributed by atoms with E-state index in [0.717, 1.165) is 0 Å². The fourth-order valence-corrected chi connectivity index (χ4v) is 2.08. The summed E-state index contributed by atoms with van der Waals surface area (Å²) < 4.78 is 5.53. The van der Waals surface area contributed by atoms with E-state index in [4.69, 9.17) is 15.6 Å². The number of aromatic nitrogens is 1. The first-order valence-electron chi connectivity index (χ1n) is 5.78. The molecule has 0 aliphatic heterocycles. The summed E-state index contributed by atoms with van der Waals surface area (Å²) in [5.41, 5.74) is 6.05. The van der Waals surface area contributed by atoms with Crippen molar-refractivity contribution in [2.24, 2.45) is 5.92 Å². The molecule has 1 fully saturated rings. The summed E-state index contributed by atoms with van der Waals surface area (Å²) in [5.74, 6) is -0.121. The third-order valence-electron chi connectivity index (χ3n) is 3.06. The Balaban J connectivity index is 1.98. The maximum absolute atomic E-state index is 10.7. The number of carboxylic acid groups (broad SMARTS) is 1. The van der Waals surface area contributed by atoms with Gasteiger partial charge in [0, 0.05) is 6.20 Å². The molecule has 5 heteroatoms. The van der Waals surface area contributed by atoms with Gasteiger partial charge in [-0.1, -0.05) is 12.8 Å². The molecule has 0 radical (unpaired) electrons. The molecular formula is C12H16N2O3. The van der Waals surface area contributed by atoms with Crippen molar-refractivity contribution < 1.29 is 14.6 Å². The largest absolute Gasteiger partial charge is 0.478 e. The van der Waals surface area contributed by atoms with Gasteiger partial charge in [0.1, 0.15) is 0 Å². The Hall–Kier alpha value is -1.78. The van der Waals surface area contributed by atoms with Crippen LogP contribution in [0.1, 0.15) is 36.0 Å². The van der Waals surface area contributed by atoms with E-state index in [1.165, 1.54) is 37.9 Å². The lowest BCUT2D eigenvalue weighted by Crippen LogP contribution is -2.11. The number of nitrogen functional groups attached to an aromatic ring is 1. The highest BCUT2D eigenvalue weighted by molar-refractivity contribution is 5.88. The van der Waals surface area contributed by atoms with Crippen molar-refractivity contribution in [3.63, 3.8) is 0 Å². The molecular weight excluding hydrogens is 220 g/mol. The number of rotatable bonds is 4. The molecule has 1 aromatic heterocycles. The molecule has 92 valence electrons. The number of aromatic carboxylic acids is 1. The molecule has 1 heterocycles. The number of ether oxygens (including phenoxy) is 1. The summed E-state index contributed by atoms with van der Waals surface area (Å²) >= 11 is 0. The van der Waals surface area contributed by atoms with Crippen molar-refractivity contribution in [3.05, 3.63) is 17.8 Å². The minimum absolute atomic E-state index is 0.0794. The summed E-state index contributed by atoms with van der Waals surface area (Å²) in [7, 11) is 0. The van der Waals surface area contributed by atoms with Crippen LogP contribution in [0, 0.1) is 5.92 Å². The number of carbonyl (C=O) groups is 1. The molecule has 1 saturated carbocycles. The van der Waals surface area contributed by atoms with Crippen molar-refractivity contribution in [2.45, 2.75) is 25.7 Å². The predicted octanol–water partition coefficient (Wildman–Crippen LogP) is 1.93. The van der Waals surface area contributed by atoms with E-state index in [1.54, 1.807) is 0 Å². The van der Waals surface area contributed by atoms with E-state index >= 15 is 0 Å². The third kappa shape index (κ3) is 2.87. The van der Waals surface area contributed by atoms with Crippen LogP contribution < -0.4 is 10.5 Å². The number of anilines is 1. The minimum Gasteiger partial charge on any atom is -0.478 e. The van der Waals surface area contributed by atoms with Crippen LogP contribution in [0.5, 0.6) is 5.88 Å². The summed E-state index contributed by atoms with van der Waals surface area (Å²) in [5, 5.41) is 8.77.